The minimum Gasteiger partial charge on any atom is -0.324 e. The van der Waals surface area contributed by atoms with Crippen molar-refractivity contribution in [3.63, 3.8) is 0 Å². The lowest BCUT2D eigenvalue weighted by atomic mass is 10.0. The Hall–Kier alpha value is -1.12. The molecule has 14 heavy (non-hydrogen) atoms. The molecule has 1 aromatic rings. The van der Waals surface area contributed by atoms with E-state index in [-0.39, 0.29) is 11.8 Å². The molecule has 1 unspecified atom stereocenters. The van der Waals surface area contributed by atoms with Crippen LogP contribution >= 0.6 is 0 Å². The minimum absolute atomic E-state index is 0.0515. The highest BCUT2D eigenvalue weighted by Crippen LogP contribution is 2.22. The van der Waals surface area contributed by atoms with Gasteiger partial charge in [0, 0.05) is 5.69 Å². The van der Waals surface area contributed by atoms with Crippen molar-refractivity contribution in [2.45, 2.75) is 45.6 Å². The number of ketones is 1. The van der Waals surface area contributed by atoms with E-state index in [0.29, 0.717) is 0 Å². The van der Waals surface area contributed by atoms with Gasteiger partial charge in [-0.15, -0.1) is 0 Å². The normalized spacial score (nSPS) is 17.6. The van der Waals surface area contributed by atoms with Crippen LogP contribution in [-0.4, -0.2) is 15.3 Å². The maximum atomic E-state index is 11.3. The molecule has 1 aromatic heterocycles. The van der Waals surface area contributed by atoms with E-state index in [1.54, 1.807) is 6.92 Å². The monoisotopic (exact) mass is 192 g/mol. The molecule has 0 spiro atoms. The Bertz CT molecular complexity index is 354. The largest absolute Gasteiger partial charge is 0.324 e. The predicted octanol–water partition coefficient (Wildman–Crippen LogP) is 1.91. The number of carbonyl (C=O) groups is 1. The van der Waals surface area contributed by atoms with Crippen LogP contribution < -0.4 is 0 Å². The first-order valence-corrected chi connectivity index (χ1v) is 5.25. The number of nitrogens with zero attached hydrogens (tertiary/aromatic N) is 2. The highest BCUT2D eigenvalue weighted by molar-refractivity contribution is 5.79. The van der Waals surface area contributed by atoms with Crippen molar-refractivity contribution in [1.29, 1.82) is 0 Å². The van der Waals surface area contributed by atoms with E-state index < -0.39 is 0 Å². The van der Waals surface area contributed by atoms with Gasteiger partial charge in [-0.25, -0.2) is 4.98 Å². The van der Waals surface area contributed by atoms with E-state index in [1.165, 1.54) is 24.2 Å². The highest BCUT2D eigenvalue weighted by atomic mass is 16.1. The SMILES string of the molecule is CC(=O)C(C)n1cnc2c1CCCC2. The number of rotatable bonds is 2. The third kappa shape index (κ3) is 1.47. The molecule has 0 aliphatic heterocycles. The van der Waals surface area contributed by atoms with E-state index in [1.807, 2.05) is 17.8 Å². The standard InChI is InChI=1S/C11H16N2O/c1-8(9(2)14)13-7-12-10-5-3-4-6-11(10)13/h7-8H,3-6H2,1-2H3. The molecule has 2 rings (SSSR count). The molecule has 0 saturated carbocycles. The van der Waals surface area contributed by atoms with Crippen LogP contribution in [0.5, 0.6) is 0 Å². The van der Waals surface area contributed by atoms with Gasteiger partial charge in [-0.3, -0.25) is 4.79 Å². The minimum atomic E-state index is -0.0515. The summed E-state index contributed by atoms with van der Waals surface area (Å²) in [6.07, 6.45) is 6.43. The van der Waals surface area contributed by atoms with Gasteiger partial charge in [-0.1, -0.05) is 0 Å². The van der Waals surface area contributed by atoms with E-state index >= 15 is 0 Å². The molecule has 1 atom stereocenters. The zero-order valence-corrected chi connectivity index (χ0v) is 8.79. The van der Waals surface area contributed by atoms with E-state index in [2.05, 4.69) is 4.98 Å². The first-order valence-electron chi connectivity index (χ1n) is 5.25. The van der Waals surface area contributed by atoms with Gasteiger partial charge in [-0.2, -0.15) is 0 Å². The van der Waals surface area contributed by atoms with Crippen molar-refractivity contribution in [1.82, 2.24) is 9.55 Å². The molecule has 1 heterocycles. The van der Waals surface area contributed by atoms with Crippen molar-refractivity contribution in [2.24, 2.45) is 0 Å². The molecule has 0 bridgehead atoms. The van der Waals surface area contributed by atoms with Crippen LogP contribution in [0.25, 0.3) is 0 Å². The number of Topliss-reactive ketones (excluding diaryl/α,β-unsaturated/α-hetero) is 1. The highest BCUT2D eigenvalue weighted by Gasteiger charge is 2.19. The summed E-state index contributed by atoms with van der Waals surface area (Å²) >= 11 is 0. The van der Waals surface area contributed by atoms with Crippen molar-refractivity contribution >= 4 is 5.78 Å². The summed E-state index contributed by atoms with van der Waals surface area (Å²) in [5.74, 6) is 0.204. The van der Waals surface area contributed by atoms with E-state index in [9.17, 15) is 4.79 Å². The first-order chi connectivity index (χ1) is 6.70. The predicted molar refractivity (Wildman–Crippen MR) is 54.3 cm³/mol. The maximum absolute atomic E-state index is 11.3. The van der Waals surface area contributed by atoms with Gasteiger partial charge >= 0.3 is 0 Å². The summed E-state index contributed by atoms with van der Waals surface area (Å²) in [6.45, 7) is 3.58. The van der Waals surface area contributed by atoms with Gasteiger partial charge in [0.05, 0.1) is 18.1 Å². The quantitative estimate of drug-likeness (QED) is 0.717. The number of hydrogen-bond donors (Lipinski definition) is 0. The summed E-state index contributed by atoms with van der Waals surface area (Å²) in [5.41, 5.74) is 2.48. The van der Waals surface area contributed by atoms with Gasteiger partial charge < -0.3 is 4.57 Å². The Kier molecular flexibility index (Phi) is 2.40. The molecule has 1 aliphatic carbocycles. The van der Waals surface area contributed by atoms with Gasteiger partial charge in [0.25, 0.3) is 0 Å². The Morgan fingerprint density at radius 2 is 2.21 bits per heavy atom. The Morgan fingerprint density at radius 1 is 1.50 bits per heavy atom. The molecule has 3 heteroatoms. The first kappa shape index (κ1) is 9.44. The fraction of sp³-hybridized carbons (Fsp3) is 0.636. The third-order valence-corrected chi connectivity index (χ3v) is 3.07. The average molecular weight is 192 g/mol. The maximum Gasteiger partial charge on any atom is 0.152 e. The second-order valence-electron chi connectivity index (χ2n) is 4.04. The topological polar surface area (TPSA) is 34.9 Å². The lowest BCUT2D eigenvalue weighted by Crippen LogP contribution is -2.16. The molecule has 0 saturated heterocycles. The lowest BCUT2D eigenvalue weighted by Gasteiger charge is -2.17. The van der Waals surface area contributed by atoms with Gasteiger partial charge in [0.15, 0.2) is 5.78 Å². The number of carbonyl (C=O) groups excluding carboxylic acids is 1. The molecular weight excluding hydrogens is 176 g/mol. The zero-order chi connectivity index (χ0) is 10.1. The Morgan fingerprint density at radius 3 is 2.93 bits per heavy atom. The lowest BCUT2D eigenvalue weighted by molar-refractivity contribution is -0.119. The molecule has 0 amide bonds. The van der Waals surface area contributed by atoms with E-state index in [0.717, 1.165) is 12.8 Å². The van der Waals surface area contributed by atoms with Crippen molar-refractivity contribution < 1.29 is 4.79 Å². The average Bonchev–Trinajstić information content (AvgIpc) is 2.60. The van der Waals surface area contributed by atoms with Crippen LogP contribution in [0.2, 0.25) is 0 Å². The molecule has 0 radical (unpaired) electrons. The fourth-order valence-corrected chi connectivity index (χ4v) is 2.02. The van der Waals surface area contributed by atoms with Gasteiger partial charge in [0.2, 0.25) is 0 Å². The number of fused-ring (bicyclic) bond motifs is 1. The van der Waals surface area contributed by atoms with Crippen LogP contribution in [0.1, 0.15) is 44.1 Å². The third-order valence-electron chi connectivity index (χ3n) is 3.07. The molecule has 0 aromatic carbocycles. The Labute approximate surface area is 84.1 Å². The zero-order valence-electron chi connectivity index (χ0n) is 8.79. The van der Waals surface area contributed by atoms with Crippen molar-refractivity contribution in [2.75, 3.05) is 0 Å². The number of hydrogen-bond acceptors (Lipinski definition) is 2. The second-order valence-corrected chi connectivity index (χ2v) is 4.04. The number of aromatic nitrogens is 2. The van der Waals surface area contributed by atoms with Crippen molar-refractivity contribution in [3.05, 3.63) is 17.7 Å². The Balaban J connectivity index is 2.34. The molecule has 0 fully saturated rings. The molecule has 0 N–H and O–H groups in total. The van der Waals surface area contributed by atoms with Crippen LogP contribution in [0.4, 0.5) is 0 Å². The van der Waals surface area contributed by atoms with Gasteiger partial charge in [0.1, 0.15) is 0 Å². The van der Waals surface area contributed by atoms with Gasteiger partial charge in [-0.05, 0) is 39.5 Å². The summed E-state index contributed by atoms with van der Waals surface area (Å²) in [6, 6.07) is -0.0515. The van der Waals surface area contributed by atoms with Crippen molar-refractivity contribution in [3.8, 4) is 0 Å². The summed E-state index contributed by atoms with van der Waals surface area (Å²) < 4.78 is 2.04. The van der Waals surface area contributed by atoms with Crippen LogP contribution in [0.15, 0.2) is 6.33 Å². The number of aryl methyl sites for hydroxylation is 1. The fourth-order valence-electron chi connectivity index (χ4n) is 2.02. The molecular formula is C11H16N2O. The summed E-state index contributed by atoms with van der Waals surface area (Å²) in [4.78, 5) is 15.7. The van der Waals surface area contributed by atoms with Crippen LogP contribution in [0.3, 0.4) is 0 Å². The molecule has 3 nitrogen and oxygen atoms in total. The molecule has 1 aliphatic rings. The summed E-state index contributed by atoms with van der Waals surface area (Å²) in [5, 5.41) is 0. The molecule has 76 valence electrons. The number of imidazole rings is 1. The summed E-state index contributed by atoms with van der Waals surface area (Å²) in [7, 11) is 0. The smallest absolute Gasteiger partial charge is 0.152 e. The van der Waals surface area contributed by atoms with E-state index in [4.69, 9.17) is 0 Å². The second kappa shape index (κ2) is 3.56. The van der Waals surface area contributed by atoms with Crippen LogP contribution in [-0.2, 0) is 17.6 Å². The van der Waals surface area contributed by atoms with Crippen LogP contribution in [0, 0.1) is 0 Å².